The van der Waals surface area contributed by atoms with E-state index in [1.807, 2.05) is 0 Å². The molecule has 0 bridgehead atoms. The van der Waals surface area contributed by atoms with Crippen LogP contribution in [0.1, 0.15) is 25.0 Å². The van der Waals surface area contributed by atoms with E-state index in [1.165, 1.54) is 35.2 Å². The lowest BCUT2D eigenvalue weighted by atomic mass is 9.96. The Labute approximate surface area is 251 Å². The Morgan fingerprint density at radius 1 is 0.976 bits per heavy atom. The van der Waals surface area contributed by atoms with Gasteiger partial charge in [-0.25, -0.2) is 21.6 Å². The zero-order chi connectivity index (χ0) is 31.4. The van der Waals surface area contributed by atoms with Crippen LogP contribution in [0.3, 0.4) is 0 Å². The summed E-state index contributed by atoms with van der Waals surface area (Å²) >= 11 is 12.2. The number of rotatable bonds is 7. The molecule has 3 atom stereocenters. The molecular weight excluding hydrogens is 644 g/mol. The number of sulfonamides is 2. The number of amides is 2. The van der Waals surface area contributed by atoms with Crippen LogP contribution < -0.4 is 4.72 Å². The van der Waals surface area contributed by atoms with Gasteiger partial charge >= 0.3 is 6.18 Å². The topological polar surface area (TPSA) is 124 Å². The molecule has 2 fully saturated rings. The SMILES string of the molecule is CC(C)N1CC2N(C(=O)C(NS(C)(=O)=O)CN2S(=O)(=O)c2ccc(Cl)cc2Cl)C(Cc2ccc(C(F)(F)F)cc2)C1=O. The van der Waals surface area contributed by atoms with Crippen molar-refractivity contribution in [1.29, 1.82) is 0 Å². The molecule has 2 aliphatic rings. The van der Waals surface area contributed by atoms with Crippen LogP contribution in [0.5, 0.6) is 0 Å². The number of piperazine rings is 1. The second kappa shape index (κ2) is 11.6. The molecule has 0 saturated carbocycles. The molecule has 17 heteroatoms. The quantitative estimate of drug-likeness (QED) is 0.483. The number of benzene rings is 2. The Bertz CT molecular complexity index is 1600. The maximum absolute atomic E-state index is 14.0. The summed E-state index contributed by atoms with van der Waals surface area (Å²) in [4.78, 5) is 29.5. The Morgan fingerprint density at radius 2 is 1.60 bits per heavy atom. The number of nitrogens with zero attached hydrogens (tertiary/aromatic N) is 3. The summed E-state index contributed by atoms with van der Waals surface area (Å²) in [6.45, 7) is 2.52. The van der Waals surface area contributed by atoms with E-state index < -0.39 is 74.4 Å². The Kier molecular flexibility index (Phi) is 8.96. The fourth-order valence-electron chi connectivity index (χ4n) is 5.08. The van der Waals surface area contributed by atoms with Crippen molar-refractivity contribution in [2.24, 2.45) is 0 Å². The van der Waals surface area contributed by atoms with Gasteiger partial charge in [-0.05, 0) is 49.7 Å². The van der Waals surface area contributed by atoms with E-state index >= 15 is 0 Å². The first-order valence-corrected chi connectivity index (χ1v) is 16.6. The van der Waals surface area contributed by atoms with Crippen LogP contribution in [-0.2, 0) is 42.2 Å². The summed E-state index contributed by atoms with van der Waals surface area (Å²) in [5.41, 5.74) is -0.640. The van der Waals surface area contributed by atoms with Crippen LogP contribution in [0.2, 0.25) is 10.0 Å². The van der Waals surface area contributed by atoms with Gasteiger partial charge in [0.2, 0.25) is 31.9 Å². The van der Waals surface area contributed by atoms with Crippen molar-refractivity contribution in [3.8, 4) is 0 Å². The van der Waals surface area contributed by atoms with Crippen LogP contribution in [0.25, 0.3) is 0 Å². The molecule has 1 N–H and O–H groups in total. The van der Waals surface area contributed by atoms with E-state index in [1.54, 1.807) is 13.8 Å². The van der Waals surface area contributed by atoms with Crippen molar-refractivity contribution < 1.29 is 39.6 Å². The average Bonchev–Trinajstić information content (AvgIpc) is 2.85. The van der Waals surface area contributed by atoms with E-state index in [0.717, 1.165) is 27.6 Å². The van der Waals surface area contributed by atoms with Gasteiger partial charge in [-0.2, -0.15) is 17.5 Å². The number of alkyl halides is 3. The molecule has 10 nitrogen and oxygen atoms in total. The molecule has 2 aromatic rings. The summed E-state index contributed by atoms with van der Waals surface area (Å²) in [6, 6.07) is 4.30. The lowest BCUT2D eigenvalue weighted by Gasteiger charge is -2.54. The first kappa shape index (κ1) is 32.5. The molecule has 2 aliphatic heterocycles. The monoisotopic (exact) mass is 670 g/mol. The van der Waals surface area contributed by atoms with Gasteiger partial charge in [-0.1, -0.05) is 35.3 Å². The summed E-state index contributed by atoms with van der Waals surface area (Å²) in [5.74, 6) is -1.43. The van der Waals surface area contributed by atoms with Crippen molar-refractivity contribution in [3.63, 3.8) is 0 Å². The lowest BCUT2D eigenvalue weighted by Crippen LogP contribution is -2.76. The first-order chi connectivity index (χ1) is 19.3. The highest BCUT2D eigenvalue weighted by atomic mass is 35.5. The van der Waals surface area contributed by atoms with E-state index in [9.17, 15) is 39.6 Å². The zero-order valence-electron chi connectivity index (χ0n) is 22.5. The van der Waals surface area contributed by atoms with Crippen LogP contribution in [0, 0.1) is 0 Å². The molecule has 0 aliphatic carbocycles. The molecule has 2 heterocycles. The maximum atomic E-state index is 14.0. The lowest BCUT2D eigenvalue weighted by molar-refractivity contribution is -0.168. The van der Waals surface area contributed by atoms with Gasteiger partial charge in [0, 0.05) is 24.0 Å². The summed E-state index contributed by atoms with van der Waals surface area (Å²) in [6.07, 6.45) is -5.34. The number of carbonyl (C=O) groups is 2. The highest BCUT2D eigenvalue weighted by Crippen LogP contribution is 2.35. The standard InChI is InChI=1S/C25H27Cl2F3N4O6S2/c1-14(2)32-13-22-33(42(39,40)21-9-8-17(26)11-18(21)27)12-19(31-41(3,37)38)23(35)34(22)20(24(32)36)10-15-4-6-16(7-5-15)25(28,29)30/h4-9,11,14,19-20,22,31H,10,12-13H2,1-3H3. The summed E-state index contributed by atoms with van der Waals surface area (Å²) < 4.78 is 94.8. The van der Waals surface area contributed by atoms with Crippen LogP contribution in [0.15, 0.2) is 47.4 Å². The predicted molar refractivity (Wildman–Crippen MR) is 149 cm³/mol. The highest BCUT2D eigenvalue weighted by molar-refractivity contribution is 7.89. The molecule has 0 aromatic heterocycles. The molecule has 4 rings (SSSR count). The van der Waals surface area contributed by atoms with Gasteiger partial charge in [0.15, 0.2) is 0 Å². The predicted octanol–water partition coefficient (Wildman–Crippen LogP) is 2.95. The van der Waals surface area contributed by atoms with E-state index in [-0.39, 0.29) is 33.5 Å². The number of nitrogens with one attached hydrogen (secondary N) is 1. The van der Waals surface area contributed by atoms with Crippen molar-refractivity contribution in [3.05, 3.63) is 63.6 Å². The van der Waals surface area contributed by atoms with Crippen molar-refractivity contribution in [2.75, 3.05) is 19.3 Å². The number of carbonyl (C=O) groups excluding carboxylic acids is 2. The summed E-state index contributed by atoms with van der Waals surface area (Å²) in [7, 11) is -8.56. The number of fused-ring (bicyclic) bond motifs is 1. The minimum Gasteiger partial charge on any atom is -0.335 e. The third-order valence-corrected chi connectivity index (χ3v) is 10.3. The molecule has 42 heavy (non-hydrogen) atoms. The Balaban J connectivity index is 1.84. The molecule has 230 valence electrons. The minimum atomic E-state index is -4.59. The van der Waals surface area contributed by atoms with Gasteiger partial charge in [0.05, 0.1) is 23.4 Å². The molecule has 2 amide bonds. The van der Waals surface area contributed by atoms with Gasteiger partial charge in [-0.15, -0.1) is 0 Å². The second-order valence-corrected chi connectivity index (χ2v) is 14.8. The molecule has 0 radical (unpaired) electrons. The maximum Gasteiger partial charge on any atom is 0.416 e. The Hall–Kier alpha value is -2.43. The third kappa shape index (κ3) is 6.55. The fourth-order valence-corrected chi connectivity index (χ4v) is 8.11. The van der Waals surface area contributed by atoms with Crippen molar-refractivity contribution in [2.45, 2.75) is 55.6 Å². The second-order valence-electron chi connectivity index (χ2n) is 10.3. The van der Waals surface area contributed by atoms with E-state index in [0.29, 0.717) is 0 Å². The van der Waals surface area contributed by atoms with E-state index in [2.05, 4.69) is 4.72 Å². The van der Waals surface area contributed by atoms with Gasteiger partial charge in [-0.3, -0.25) is 9.59 Å². The van der Waals surface area contributed by atoms with Crippen molar-refractivity contribution in [1.82, 2.24) is 18.8 Å². The van der Waals surface area contributed by atoms with Gasteiger partial charge < -0.3 is 9.80 Å². The smallest absolute Gasteiger partial charge is 0.335 e. The van der Waals surface area contributed by atoms with Gasteiger partial charge in [0.25, 0.3) is 0 Å². The highest BCUT2D eigenvalue weighted by Gasteiger charge is 2.54. The number of hydrogen-bond acceptors (Lipinski definition) is 6. The molecule has 2 aromatic carbocycles. The largest absolute Gasteiger partial charge is 0.416 e. The van der Waals surface area contributed by atoms with Crippen LogP contribution in [0.4, 0.5) is 13.2 Å². The van der Waals surface area contributed by atoms with Gasteiger partial charge in [0.1, 0.15) is 23.1 Å². The molecule has 3 unspecified atom stereocenters. The van der Waals surface area contributed by atoms with Crippen LogP contribution in [-0.4, -0.2) is 86.4 Å². The normalized spacial score (nSPS) is 22.5. The first-order valence-electron chi connectivity index (χ1n) is 12.5. The van der Waals surface area contributed by atoms with E-state index in [4.69, 9.17) is 23.2 Å². The molecular formula is C25H27Cl2F3N4O6S2. The number of halogens is 5. The van der Waals surface area contributed by atoms with Crippen molar-refractivity contribution >= 4 is 55.1 Å². The fraction of sp³-hybridized carbons (Fsp3) is 0.440. The van der Waals surface area contributed by atoms with Crippen LogP contribution >= 0.6 is 23.2 Å². The summed E-state index contributed by atoms with van der Waals surface area (Å²) in [5, 5.41) is -0.0515. The zero-order valence-corrected chi connectivity index (χ0v) is 25.6. The average molecular weight is 672 g/mol. The molecule has 2 saturated heterocycles. The molecule has 0 spiro atoms. The third-order valence-electron chi connectivity index (χ3n) is 7.00. The Morgan fingerprint density at radius 3 is 2.12 bits per heavy atom. The number of hydrogen-bond donors (Lipinski definition) is 1. The minimum absolute atomic E-state index is 0.164.